The smallest absolute Gasteiger partial charge is 0.254 e. The number of ether oxygens (including phenoxy) is 1. The Morgan fingerprint density at radius 1 is 1.53 bits per heavy atom. The van der Waals surface area contributed by atoms with Gasteiger partial charge in [-0.25, -0.2) is 4.98 Å². The van der Waals surface area contributed by atoms with Crippen LogP contribution in [0.2, 0.25) is 0 Å². The lowest BCUT2D eigenvalue weighted by molar-refractivity contribution is 0.0896. The Hall–Kier alpha value is -1.62. The molecule has 80 valence electrons. The zero-order valence-electron chi connectivity index (χ0n) is 8.22. The van der Waals surface area contributed by atoms with Crippen molar-refractivity contribution in [1.29, 1.82) is 0 Å². The molecule has 0 unspecified atom stereocenters. The van der Waals surface area contributed by atoms with Gasteiger partial charge in [-0.05, 0) is 25.0 Å². The molecule has 0 bridgehead atoms. The highest BCUT2D eigenvalue weighted by molar-refractivity contribution is 5.94. The van der Waals surface area contributed by atoms with E-state index in [1.165, 1.54) is 0 Å². The average molecular weight is 207 g/mol. The second-order valence-electron chi connectivity index (χ2n) is 3.69. The number of carbonyl (C=O) groups is 1. The van der Waals surface area contributed by atoms with Crippen molar-refractivity contribution in [3.8, 4) is 5.88 Å². The quantitative estimate of drug-likeness (QED) is 0.732. The van der Waals surface area contributed by atoms with E-state index in [4.69, 9.17) is 16.2 Å². The minimum atomic E-state index is -0.526. The molecular formula is C10H13N3O2. The second-order valence-corrected chi connectivity index (χ2v) is 3.69. The van der Waals surface area contributed by atoms with Gasteiger partial charge in [-0.3, -0.25) is 4.79 Å². The van der Waals surface area contributed by atoms with E-state index < -0.39 is 5.91 Å². The number of nitrogens with two attached hydrogens (primary N) is 2. The van der Waals surface area contributed by atoms with Gasteiger partial charge in [0.25, 0.3) is 5.91 Å². The van der Waals surface area contributed by atoms with Crippen molar-refractivity contribution in [1.82, 2.24) is 4.98 Å². The molecule has 0 aromatic carbocycles. The minimum Gasteiger partial charge on any atom is -0.474 e. The first kappa shape index (κ1) is 9.92. The summed E-state index contributed by atoms with van der Waals surface area (Å²) in [5, 5.41) is 0. The van der Waals surface area contributed by atoms with Crippen LogP contribution < -0.4 is 16.2 Å². The van der Waals surface area contributed by atoms with Gasteiger partial charge in [0.2, 0.25) is 5.88 Å². The maximum Gasteiger partial charge on any atom is 0.254 e. The van der Waals surface area contributed by atoms with E-state index in [1.54, 1.807) is 18.3 Å². The predicted molar refractivity (Wildman–Crippen MR) is 54.4 cm³/mol. The molecular weight excluding hydrogens is 194 g/mol. The molecule has 0 radical (unpaired) electrons. The molecule has 1 aliphatic rings. The summed E-state index contributed by atoms with van der Waals surface area (Å²) in [6.07, 6.45) is 3.23. The van der Waals surface area contributed by atoms with E-state index in [9.17, 15) is 4.79 Å². The average Bonchev–Trinajstić information content (AvgIpc) is 2.16. The molecule has 2 rings (SSSR count). The largest absolute Gasteiger partial charge is 0.474 e. The van der Waals surface area contributed by atoms with Crippen LogP contribution in [0.4, 0.5) is 0 Å². The van der Waals surface area contributed by atoms with Gasteiger partial charge in [-0.1, -0.05) is 0 Å². The predicted octanol–water partition coefficient (Wildman–Crippen LogP) is 0.0490. The molecule has 1 aliphatic carbocycles. The van der Waals surface area contributed by atoms with Gasteiger partial charge in [0.1, 0.15) is 11.7 Å². The Bertz CT molecular complexity index is 375. The van der Waals surface area contributed by atoms with Crippen molar-refractivity contribution < 1.29 is 9.53 Å². The van der Waals surface area contributed by atoms with Crippen LogP contribution >= 0.6 is 0 Å². The monoisotopic (exact) mass is 207 g/mol. The number of primary amides is 1. The van der Waals surface area contributed by atoms with Crippen LogP contribution in [0.1, 0.15) is 23.2 Å². The summed E-state index contributed by atoms with van der Waals surface area (Å²) in [5.41, 5.74) is 11.1. The van der Waals surface area contributed by atoms with Crippen molar-refractivity contribution in [2.45, 2.75) is 25.0 Å². The van der Waals surface area contributed by atoms with Crippen LogP contribution in [0, 0.1) is 0 Å². The molecule has 5 nitrogen and oxygen atoms in total. The van der Waals surface area contributed by atoms with Crippen molar-refractivity contribution >= 4 is 5.91 Å². The summed E-state index contributed by atoms with van der Waals surface area (Å²) in [6, 6.07) is 3.46. The fourth-order valence-electron chi connectivity index (χ4n) is 1.53. The van der Waals surface area contributed by atoms with E-state index in [0.717, 1.165) is 12.8 Å². The van der Waals surface area contributed by atoms with E-state index in [0.29, 0.717) is 11.4 Å². The lowest BCUT2D eigenvalue weighted by atomic mass is 9.90. The van der Waals surface area contributed by atoms with Gasteiger partial charge < -0.3 is 16.2 Å². The molecule has 1 heterocycles. The molecule has 1 saturated carbocycles. The summed E-state index contributed by atoms with van der Waals surface area (Å²) < 4.78 is 5.52. The molecule has 1 fully saturated rings. The van der Waals surface area contributed by atoms with Crippen molar-refractivity contribution in [3.63, 3.8) is 0 Å². The van der Waals surface area contributed by atoms with Gasteiger partial charge >= 0.3 is 0 Å². The van der Waals surface area contributed by atoms with Crippen LogP contribution in [-0.2, 0) is 0 Å². The number of rotatable bonds is 3. The van der Waals surface area contributed by atoms with Gasteiger partial charge in [0.05, 0.1) is 0 Å². The van der Waals surface area contributed by atoms with Crippen LogP contribution in [0.5, 0.6) is 5.88 Å². The second kappa shape index (κ2) is 3.86. The Morgan fingerprint density at radius 2 is 2.27 bits per heavy atom. The van der Waals surface area contributed by atoms with E-state index in [2.05, 4.69) is 4.98 Å². The number of hydrogen-bond donors (Lipinski definition) is 2. The summed E-state index contributed by atoms with van der Waals surface area (Å²) in [4.78, 5) is 15.0. The molecule has 1 aromatic rings. The molecule has 4 N–H and O–H groups in total. The summed E-state index contributed by atoms with van der Waals surface area (Å²) in [5.74, 6) is -0.219. The van der Waals surface area contributed by atoms with E-state index >= 15 is 0 Å². The highest BCUT2D eigenvalue weighted by atomic mass is 16.5. The van der Waals surface area contributed by atoms with Crippen LogP contribution in [-0.4, -0.2) is 23.0 Å². The van der Waals surface area contributed by atoms with Crippen LogP contribution in [0.15, 0.2) is 18.3 Å². The molecule has 0 aliphatic heterocycles. The SMILES string of the molecule is NC(=O)c1cccnc1OC1CC(N)C1. The summed E-state index contributed by atoms with van der Waals surface area (Å²) in [7, 11) is 0. The number of nitrogens with zero attached hydrogens (tertiary/aromatic N) is 1. The van der Waals surface area contributed by atoms with Crippen molar-refractivity contribution in [3.05, 3.63) is 23.9 Å². The third-order valence-corrected chi connectivity index (χ3v) is 2.45. The third kappa shape index (κ3) is 2.07. The lowest BCUT2D eigenvalue weighted by Gasteiger charge is -2.32. The molecule has 1 aromatic heterocycles. The molecule has 1 amide bonds. The number of aromatic nitrogens is 1. The minimum absolute atomic E-state index is 0.0630. The van der Waals surface area contributed by atoms with E-state index in [-0.39, 0.29) is 12.1 Å². The van der Waals surface area contributed by atoms with Gasteiger partial charge in [-0.2, -0.15) is 0 Å². The van der Waals surface area contributed by atoms with Gasteiger partial charge in [0, 0.05) is 12.2 Å². The topological polar surface area (TPSA) is 91.2 Å². The first-order chi connectivity index (χ1) is 7.16. The Kier molecular flexibility index (Phi) is 2.55. The molecule has 15 heavy (non-hydrogen) atoms. The van der Waals surface area contributed by atoms with Crippen LogP contribution in [0.3, 0.4) is 0 Å². The first-order valence-corrected chi connectivity index (χ1v) is 4.84. The zero-order valence-corrected chi connectivity index (χ0v) is 8.22. The summed E-state index contributed by atoms with van der Waals surface area (Å²) in [6.45, 7) is 0. The lowest BCUT2D eigenvalue weighted by Crippen LogP contribution is -2.43. The maximum absolute atomic E-state index is 11.1. The van der Waals surface area contributed by atoms with Crippen LogP contribution in [0.25, 0.3) is 0 Å². The molecule has 0 spiro atoms. The Labute approximate surface area is 87.4 Å². The Balaban J connectivity index is 2.10. The zero-order chi connectivity index (χ0) is 10.8. The van der Waals surface area contributed by atoms with Gasteiger partial charge in [0.15, 0.2) is 0 Å². The fraction of sp³-hybridized carbons (Fsp3) is 0.400. The maximum atomic E-state index is 11.1. The number of pyridine rings is 1. The fourth-order valence-corrected chi connectivity index (χ4v) is 1.53. The first-order valence-electron chi connectivity index (χ1n) is 4.84. The molecule has 0 atom stereocenters. The molecule has 0 saturated heterocycles. The normalized spacial score (nSPS) is 24.3. The third-order valence-electron chi connectivity index (χ3n) is 2.45. The number of amides is 1. The highest BCUT2D eigenvalue weighted by Crippen LogP contribution is 2.25. The van der Waals surface area contributed by atoms with Gasteiger partial charge in [-0.15, -0.1) is 0 Å². The Morgan fingerprint density at radius 3 is 2.87 bits per heavy atom. The summed E-state index contributed by atoms with van der Waals surface area (Å²) >= 11 is 0. The van der Waals surface area contributed by atoms with Crippen molar-refractivity contribution in [2.24, 2.45) is 11.5 Å². The molecule has 5 heteroatoms. The van der Waals surface area contributed by atoms with Crippen molar-refractivity contribution in [2.75, 3.05) is 0 Å². The van der Waals surface area contributed by atoms with E-state index in [1.807, 2.05) is 0 Å². The number of hydrogen-bond acceptors (Lipinski definition) is 4. The standard InChI is InChI=1S/C10H13N3O2/c11-6-4-7(5-6)15-10-8(9(12)14)2-1-3-13-10/h1-3,6-7H,4-5,11H2,(H2,12,14). The highest BCUT2D eigenvalue weighted by Gasteiger charge is 2.29. The number of carbonyl (C=O) groups excluding carboxylic acids is 1.